The molecule has 1 aromatic rings. The molecule has 16 heavy (non-hydrogen) atoms. The van der Waals surface area contributed by atoms with Crippen LogP contribution in [0.2, 0.25) is 0 Å². The van der Waals surface area contributed by atoms with Gasteiger partial charge in [-0.1, -0.05) is 0 Å². The van der Waals surface area contributed by atoms with Gasteiger partial charge in [-0.05, 0) is 40.9 Å². The molecule has 86 valence electrons. The van der Waals surface area contributed by atoms with Crippen molar-refractivity contribution in [2.45, 2.75) is 12.8 Å². The van der Waals surface area contributed by atoms with E-state index in [1.165, 1.54) is 0 Å². The van der Waals surface area contributed by atoms with Gasteiger partial charge in [-0.3, -0.25) is 4.79 Å². The van der Waals surface area contributed by atoms with Crippen molar-refractivity contribution in [2.75, 3.05) is 18.0 Å². The van der Waals surface area contributed by atoms with Crippen LogP contribution in [-0.4, -0.2) is 24.0 Å². The lowest BCUT2D eigenvalue weighted by molar-refractivity contribution is -0.122. The Morgan fingerprint density at radius 2 is 2.12 bits per heavy atom. The number of carbonyl (C=O) groups is 1. The van der Waals surface area contributed by atoms with Gasteiger partial charge < -0.3 is 10.6 Å². The molecule has 2 N–H and O–H groups in total. The minimum absolute atomic E-state index is 0.0340. The second kappa shape index (κ2) is 4.82. The fourth-order valence-electron chi connectivity index (χ4n) is 1.95. The average Bonchev–Trinajstić information content (AvgIpc) is 2.30. The Kier molecular flexibility index (Phi) is 3.43. The summed E-state index contributed by atoms with van der Waals surface area (Å²) in [5.74, 6) is 0.821. The summed E-state index contributed by atoms with van der Waals surface area (Å²) in [6, 6.07) is 3.96. The van der Waals surface area contributed by atoms with Crippen molar-refractivity contribution in [1.29, 1.82) is 0 Å². The smallest absolute Gasteiger partial charge is 0.220 e. The van der Waals surface area contributed by atoms with E-state index in [2.05, 4.69) is 25.8 Å². The number of rotatable bonds is 2. The lowest BCUT2D eigenvalue weighted by atomic mass is 9.96. The lowest BCUT2D eigenvalue weighted by Crippen LogP contribution is -2.38. The normalized spacial score (nSPS) is 17.4. The molecular formula is C11H14BrN3O. The van der Waals surface area contributed by atoms with Gasteiger partial charge in [-0.15, -0.1) is 0 Å². The first kappa shape index (κ1) is 11.4. The summed E-state index contributed by atoms with van der Waals surface area (Å²) in [5.41, 5.74) is 5.29. The molecule has 0 spiro atoms. The summed E-state index contributed by atoms with van der Waals surface area (Å²) in [7, 11) is 0. The number of carbonyl (C=O) groups excluding carboxylic acids is 1. The van der Waals surface area contributed by atoms with Gasteiger partial charge in [0, 0.05) is 29.7 Å². The van der Waals surface area contributed by atoms with Crippen LogP contribution in [0.15, 0.2) is 22.8 Å². The van der Waals surface area contributed by atoms with Crippen LogP contribution in [0, 0.1) is 5.92 Å². The van der Waals surface area contributed by atoms with Gasteiger partial charge in [0.25, 0.3) is 0 Å². The summed E-state index contributed by atoms with van der Waals surface area (Å²) >= 11 is 3.36. The number of nitrogens with two attached hydrogens (primary N) is 1. The van der Waals surface area contributed by atoms with Crippen LogP contribution >= 0.6 is 15.9 Å². The second-order valence-corrected chi connectivity index (χ2v) is 4.91. The maximum atomic E-state index is 11.0. The van der Waals surface area contributed by atoms with Gasteiger partial charge in [0.15, 0.2) is 0 Å². The Labute approximate surface area is 103 Å². The predicted molar refractivity (Wildman–Crippen MR) is 66.1 cm³/mol. The Morgan fingerprint density at radius 1 is 1.44 bits per heavy atom. The van der Waals surface area contributed by atoms with Crippen LogP contribution in [-0.2, 0) is 4.79 Å². The number of primary amides is 1. The minimum Gasteiger partial charge on any atom is -0.369 e. The first-order valence-corrected chi connectivity index (χ1v) is 6.12. The molecule has 0 bridgehead atoms. The molecule has 1 aliphatic heterocycles. The van der Waals surface area contributed by atoms with Crippen molar-refractivity contribution in [1.82, 2.24) is 4.98 Å². The SMILES string of the molecule is NC(=O)C1CCN(c2ccc(Br)cn2)CC1. The first-order valence-electron chi connectivity index (χ1n) is 5.32. The molecule has 4 nitrogen and oxygen atoms in total. The van der Waals surface area contributed by atoms with Crippen LogP contribution in [0.5, 0.6) is 0 Å². The maximum Gasteiger partial charge on any atom is 0.220 e. The minimum atomic E-state index is -0.177. The van der Waals surface area contributed by atoms with Gasteiger partial charge >= 0.3 is 0 Å². The monoisotopic (exact) mass is 283 g/mol. The van der Waals surface area contributed by atoms with Crippen LogP contribution in [0.4, 0.5) is 5.82 Å². The molecule has 0 aromatic carbocycles. The highest BCUT2D eigenvalue weighted by Crippen LogP contribution is 2.22. The van der Waals surface area contributed by atoms with Crippen molar-refractivity contribution in [3.8, 4) is 0 Å². The molecule has 0 radical (unpaired) electrons. The first-order chi connectivity index (χ1) is 7.66. The number of hydrogen-bond donors (Lipinski definition) is 1. The zero-order valence-electron chi connectivity index (χ0n) is 8.90. The number of aromatic nitrogens is 1. The molecule has 5 heteroatoms. The Morgan fingerprint density at radius 3 is 2.62 bits per heavy atom. The number of hydrogen-bond acceptors (Lipinski definition) is 3. The number of amides is 1. The predicted octanol–water partition coefficient (Wildman–Crippen LogP) is 1.55. The van der Waals surface area contributed by atoms with Crippen molar-refractivity contribution in [3.05, 3.63) is 22.8 Å². The summed E-state index contributed by atoms with van der Waals surface area (Å²) in [6.07, 6.45) is 3.44. The van der Waals surface area contributed by atoms with E-state index in [1.807, 2.05) is 12.1 Å². The van der Waals surface area contributed by atoms with E-state index in [-0.39, 0.29) is 11.8 Å². The summed E-state index contributed by atoms with van der Waals surface area (Å²) in [4.78, 5) is 17.5. The number of pyridine rings is 1. The van der Waals surface area contributed by atoms with Crippen LogP contribution in [0.1, 0.15) is 12.8 Å². The van der Waals surface area contributed by atoms with E-state index >= 15 is 0 Å². The van der Waals surface area contributed by atoms with Crippen LogP contribution in [0.3, 0.4) is 0 Å². The van der Waals surface area contributed by atoms with Crippen molar-refractivity contribution in [2.24, 2.45) is 11.7 Å². The zero-order valence-corrected chi connectivity index (χ0v) is 10.5. The van der Waals surface area contributed by atoms with E-state index in [1.54, 1.807) is 6.20 Å². The lowest BCUT2D eigenvalue weighted by Gasteiger charge is -2.31. The number of anilines is 1. The third-order valence-corrected chi connectivity index (χ3v) is 3.40. The van der Waals surface area contributed by atoms with Gasteiger partial charge in [-0.25, -0.2) is 4.98 Å². The number of halogens is 1. The molecular weight excluding hydrogens is 270 g/mol. The summed E-state index contributed by atoms with van der Waals surface area (Å²) < 4.78 is 0.975. The molecule has 2 rings (SSSR count). The Hall–Kier alpha value is -1.10. The maximum absolute atomic E-state index is 11.0. The van der Waals surface area contributed by atoms with Gasteiger partial charge in [0.2, 0.25) is 5.91 Å². The largest absolute Gasteiger partial charge is 0.369 e. The topological polar surface area (TPSA) is 59.2 Å². The van der Waals surface area contributed by atoms with Crippen molar-refractivity contribution >= 4 is 27.7 Å². The third-order valence-electron chi connectivity index (χ3n) is 2.93. The van der Waals surface area contributed by atoms with Gasteiger partial charge in [0.1, 0.15) is 5.82 Å². The molecule has 2 heterocycles. The van der Waals surface area contributed by atoms with E-state index < -0.39 is 0 Å². The molecule has 1 amide bonds. The second-order valence-electron chi connectivity index (χ2n) is 4.00. The molecule has 0 atom stereocenters. The van der Waals surface area contributed by atoms with E-state index in [4.69, 9.17) is 5.73 Å². The number of nitrogens with zero attached hydrogens (tertiary/aromatic N) is 2. The highest BCUT2D eigenvalue weighted by atomic mass is 79.9. The summed E-state index contributed by atoms with van der Waals surface area (Å²) in [6.45, 7) is 1.70. The molecule has 1 aromatic heterocycles. The van der Waals surface area contributed by atoms with Gasteiger partial charge in [-0.2, -0.15) is 0 Å². The van der Waals surface area contributed by atoms with Crippen LogP contribution in [0.25, 0.3) is 0 Å². The highest BCUT2D eigenvalue weighted by molar-refractivity contribution is 9.10. The van der Waals surface area contributed by atoms with Crippen LogP contribution < -0.4 is 10.6 Å². The quantitative estimate of drug-likeness (QED) is 0.896. The average molecular weight is 284 g/mol. The molecule has 0 aliphatic carbocycles. The standard InChI is InChI=1S/C11H14BrN3O/c12-9-1-2-10(14-7-9)15-5-3-8(4-6-15)11(13)16/h1-2,7-8H,3-6H2,(H2,13,16). The van der Waals surface area contributed by atoms with E-state index in [9.17, 15) is 4.79 Å². The molecule has 1 saturated heterocycles. The zero-order chi connectivity index (χ0) is 11.5. The molecule has 0 saturated carbocycles. The molecule has 1 aliphatic rings. The third kappa shape index (κ3) is 2.52. The fourth-order valence-corrected chi connectivity index (χ4v) is 2.18. The fraction of sp³-hybridized carbons (Fsp3) is 0.455. The number of piperidine rings is 1. The van der Waals surface area contributed by atoms with E-state index in [0.29, 0.717) is 0 Å². The highest BCUT2D eigenvalue weighted by Gasteiger charge is 2.23. The summed E-state index contributed by atoms with van der Waals surface area (Å²) in [5, 5.41) is 0. The van der Waals surface area contributed by atoms with Crippen molar-refractivity contribution < 1.29 is 4.79 Å². The van der Waals surface area contributed by atoms with Crippen molar-refractivity contribution in [3.63, 3.8) is 0 Å². The van der Waals surface area contributed by atoms with Gasteiger partial charge in [0.05, 0.1) is 0 Å². The molecule has 1 fully saturated rings. The molecule has 0 unspecified atom stereocenters. The van der Waals surface area contributed by atoms with E-state index in [0.717, 1.165) is 36.2 Å². The Bertz CT molecular complexity index is 371. The Balaban J connectivity index is 1.99.